The highest BCUT2D eigenvalue weighted by molar-refractivity contribution is 7.12. The van der Waals surface area contributed by atoms with Gasteiger partial charge in [-0.2, -0.15) is 0 Å². The van der Waals surface area contributed by atoms with Crippen molar-refractivity contribution >= 4 is 17.2 Å². The van der Waals surface area contributed by atoms with Crippen LogP contribution in [0, 0.1) is 0 Å². The quantitative estimate of drug-likeness (QED) is 0.655. The van der Waals surface area contributed by atoms with Gasteiger partial charge in [0.1, 0.15) is 11.5 Å². The van der Waals surface area contributed by atoms with Gasteiger partial charge < -0.3 is 9.64 Å². The molecule has 0 aliphatic carbocycles. The van der Waals surface area contributed by atoms with Crippen molar-refractivity contribution in [2.24, 2.45) is 0 Å². The highest BCUT2D eigenvalue weighted by atomic mass is 32.1. The number of hydrogen-bond donors (Lipinski definition) is 0. The van der Waals surface area contributed by atoms with Gasteiger partial charge in [0.2, 0.25) is 0 Å². The van der Waals surface area contributed by atoms with E-state index in [4.69, 9.17) is 4.74 Å². The SMILES string of the molecule is O=C(c1cccs1)N1CCN(Cc2ccccc2Oc2ccccc2)CC1. The number of piperazine rings is 1. The van der Waals surface area contributed by atoms with Gasteiger partial charge in [-0.05, 0) is 29.6 Å². The first kappa shape index (κ1) is 17.8. The molecular weight excluding hydrogens is 356 g/mol. The highest BCUT2D eigenvalue weighted by Crippen LogP contribution is 2.26. The summed E-state index contributed by atoms with van der Waals surface area (Å²) in [6.07, 6.45) is 0. The van der Waals surface area contributed by atoms with Crippen LogP contribution in [0.15, 0.2) is 72.1 Å². The van der Waals surface area contributed by atoms with Crippen molar-refractivity contribution in [3.8, 4) is 11.5 Å². The van der Waals surface area contributed by atoms with E-state index >= 15 is 0 Å². The van der Waals surface area contributed by atoms with E-state index in [2.05, 4.69) is 11.0 Å². The Labute approximate surface area is 163 Å². The number of rotatable bonds is 5. The van der Waals surface area contributed by atoms with Crippen molar-refractivity contribution in [2.45, 2.75) is 6.54 Å². The maximum absolute atomic E-state index is 12.5. The molecule has 27 heavy (non-hydrogen) atoms. The molecule has 0 radical (unpaired) electrons. The van der Waals surface area contributed by atoms with E-state index in [-0.39, 0.29) is 5.91 Å². The molecule has 2 aromatic carbocycles. The van der Waals surface area contributed by atoms with Crippen LogP contribution in [0.1, 0.15) is 15.2 Å². The molecule has 4 rings (SSSR count). The molecule has 1 fully saturated rings. The first-order valence-electron chi connectivity index (χ1n) is 9.15. The third-order valence-electron chi connectivity index (χ3n) is 4.73. The van der Waals surface area contributed by atoms with Gasteiger partial charge in [0.25, 0.3) is 5.91 Å². The van der Waals surface area contributed by atoms with Gasteiger partial charge in [-0.15, -0.1) is 11.3 Å². The number of ether oxygens (including phenoxy) is 1. The molecule has 1 aliphatic heterocycles. The highest BCUT2D eigenvalue weighted by Gasteiger charge is 2.23. The normalized spacial score (nSPS) is 14.9. The lowest BCUT2D eigenvalue weighted by atomic mass is 10.1. The van der Waals surface area contributed by atoms with Crippen molar-refractivity contribution in [3.05, 3.63) is 82.6 Å². The lowest BCUT2D eigenvalue weighted by Gasteiger charge is -2.34. The van der Waals surface area contributed by atoms with Crippen LogP contribution >= 0.6 is 11.3 Å². The van der Waals surface area contributed by atoms with Crippen LogP contribution in [0.4, 0.5) is 0 Å². The average molecular weight is 378 g/mol. The second-order valence-corrected chi connectivity index (χ2v) is 7.52. The van der Waals surface area contributed by atoms with Crippen molar-refractivity contribution < 1.29 is 9.53 Å². The van der Waals surface area contributed by atoms with Crippen LogP contribution < -0.4 is 4.74 Å². The summed E-state index contributed by atoms with van der Waals surface area (Å²) in [7, 11) is 0. The van der Waals surface area contributed by atoms with E-state index in [0.29, 0.717) is 0 Å². The molecule has 5 heteroatoms. The Morgan fingerprint density at radius 3 is 2.37 bits per heavy atom. The maximum atomic E-state index is 12.5. The number of thiophene rings is 1. The Morgan fingerprint density at radius 1 is 0.889 bits per heavy atom. The zero-order valence-corrected chi connectivity index (χ0v) is 15.9. The molecule has 0 unspecified atom stereocenters. The van der Waals surface area contributed by atoms with E-state index < -0.39 is 0 Å². The molecule has 2 heterocycles. The Hall–Kier alpha value is -2.63. The third kappa shape index (κ3) is 4.38. The summed E-state index contributed by atoms with van der Waals surface area (Å²) in [5.74, 6) is 1.88. The molecule has 3 aromatic rings. The summed E-state index contributed by atoms with van der Waals surface area (Å²) in [5, 5.41) is 1.95. The summed E-state index contributed by atoms with van der Waals surface area (Å²) in [6.45, 7) is 4.09. The van der Waals surface area contributed by atoms with E-state index in [0.717, 1.165) is 49.1 Å². The molecule has 1 aliphatic rings. The van der Waals surface area contributed by atoms with Gasteiger partial charge in [-0.25, -0.2) is 0 Å². The molecule has 0 atom stereocenters. The van der Waals surface area contributed by atoms with Crippen LogP contribution in [0.3, 0.4) is 0 Å². The molecule has 1 amide bonds. The largest absolute Gasteiger partial charge is 0.457 e. The molecule has 1 aromatic heterocycles. The summed E-state index contributed by atoms with van der Waals surface area (Å²) in [4.78, 5) is 17.6. The Balaban J connectivity index is 1.37. The molecule has 0 spiro atoms. The summed E-state index contributed by atoms with van der Waals surface area (Å²) < 4.78 is 6.07. The number of carbonyl (C=O) groups excluding carboxylic acids is 1. The fraction of sp³-hybridized carbons (Fsp3) is 0.227. The van der Waals surface area contributed by atoms with E-state index in [1.54, 1.807) is 0 Å². The Morgan fingerprint density at radius 2 is 1.63 bits per heavy atom. The zero-order chi connectivity index (χ0) is 18.5. The van der Waals surface area contributed by atoms with Gasteiger partial charge in [-0.3, -0.25) is 9.69 Å². The lowest BCUT2D eigenvalue weighted by molar-refractivity contribution is 0.0632. The standard InChI is InChI=1S/C22H22N2O2S/c25-22(21-11-6-16-27-21)24-14-12-23(13-15-24)17-18-7-4-5-10-20(18)26-19-8-2-1-3-9-19/h1-11,16H,12-15,17H2. The Kier molecular flexibility index (Phi) is 5.51. The first-order chi connectivity index (χ1) is 13.3. The third-order valence-corrected chi connectivity index (χ3v) is 5.59. The molecule has 138 valence electrons. The van der Waals surface area contributed by atoms with Gasteiger partial charge in [0, 0.05) is 38.3 Å². The van der Waals surface area contributed by atoms with Gasteiger partial charge in [0.05, 0.1) is 4.88 Å². The second kappa shape index (κ2) is 8.37. The molecule has 1 saturated heterocycles. The number of para-hydroxylation sites is 2. The maximum Gasteiger partial charge on any atom is 0.264 e. The topological polar surface area (TPSA) is 32.8 Å². The monoisotopic (exact) mass is 378 g/mol. The van der Waals surface area contributed by atoms with Gasteiger partial charge in [0.15, 0.2) is 0 Å². The first-order valence-corrected chi connectivity index (χ1v) is 10.0. The van der Waals surface area contributed by atoms with E-state index in [1.807, 2.05) is 70.9 Å². The lowest BCUT2D eigenvalue weighted by Crippen LogP contribution is -2.48. The van der Waals surface area contributed by atoms with Crippen molar-refractivity contribution in [3.63, 3.8) is 0 Å². The average Bonchev–Trinajstić information content (AvgIpc) is 3.25. The van der Waals surface area contributed by atoms with Crippen LogP contribution in [-0.4, -0.2) is 41.9 Å². The predicted molar refractivity (Wildman–Crippen MR) is 108 cm³/mol. The van der Waals surface area contributed by atoms with Gasteiger partial charge in [-0.1, -0.05) is 42.5 Å². The van der Waals surface area contributed by atoms with Crippen LogP contribution in [0.2, 0.25) is 0 Å². The minimum Gasteiger partial charge on any atom is -0.457 e. The predicted octanol–water partition coefficient (Wildman–Crippen LogP) is 4.50. The van der Waals surface area contributed by atoms with Gasteiger partial charge >= 0.3 is 0 Å². The number of nitrogens with zero attached hydrogens (tertiary/aromatic N) is 2. The Bertz CT molecular complexity index is 872. The minimum absolute atomic E-state index is 0.150. The molecule has 4 nitrogen and oxygen atoms in total. The van der Waals surface area contributed by atoms with Crippen molar-refractivity contribution in [2.75, 3.05) is 26.2 Å². The molecule has 0 bridgehead atoms. The number of carbonyl (C=O) groups is 1. The zero-order valence-electron chi connectivity index (χ0n) is 15.1. The molecule has 0 N–H and O–H groups in total. The minimum atomic E-state index is 0.150. The van der Waals surface area contributed by atoms with E-state index in [9.17, 15) is 4.79 Å². The van der Waals surface area contributed by atoms with Crippen LogP contribution in [0.5, 0.6) is 11.5 Å². The van der Waals surface area contributed by atoms with Crippen molar-refractivity contribution in [1.82, 2.24) is 9.80 Å². The van der Waals surface area contributed by atoms with Crippen molar-refractivity contribution in [1.29, 1.82) is 0 Å². The number of hydrogen-bond acceptors (Lipinski definition) is 4. The summed E-state index contributed by atoms with van der Waals surface area (Å²) in [6, 6.07) is 21.9. The van der Waals surface area contributed by atoms with Crippen LogP contribution in [0.25, 0.3) is 0 Å². The molecule has 0 saturated carbocycles. The fourth-order valence-corrected chi connectivity index (χ4v) is 3.95. The smallest absolute Gasteiger partial charge is 0.264 e. The van der Waals surface area contributed by atoms with E-state index in [1.165, 1.54) is 16.9 Å². The molecular formula is C22H22N2O2S. The second-order valence-electron chi connectivity index (χ2n) is 6.57. The fourth-order valence-electron chi connectivity index (χ4n) is 3.26. The number of benzene rings is 2. The number of amides is 1. The van der Waals surface area contributed by atoms with Crippen LogP contribution in [-0.2, 0) is 6.54 Å². The summed E-state index contributed by atoms with van der Waals surface area (Å²) in [5.41, 5.74) is 1.17. The summed E-state index contributed by atoms with van der Waals surface area (Å²) >= 11 is 1.51.